The lowest BCUT2D eigenvalue weighted by Gasteiger charge is -2.01. The highest BCUT2D eigenvalue weighted by Gasteiger charge is 2.08. The molecule has 0 aliphatic rings. The normalized spacial score (nSPS) is 11.1. The van der Waals surface area contributed by atoms with Crippen molar-refractivity contribution in [1.82, 2.24) is 14.9 Å². The van der Waals surface area contributed by atoms with Crippen molar-refractivity contribution in [1.29, 1.82) is 0 Å². The first-order valence-corrected chi connectivity index (χ1v) is 6.57. The molecule has 0 saturated heterocycles. The predicted octanol–water partition coefficient (Wildman–Crippen LogP) is 2.47. The van der Waals surface area contributed by atoms with Crippen molar-refractivity contribution in [2.75, 3.05) is 0 Å². The summed E-state index contributed by atoms with van der Waals surface area (Å²) in [4.78, 5) is 11.1. The molecule has 0 aliphatic heterocycles. The van der Waals surface area contributed by atoms with E-state index in [0.29, 0.717) is 10.3 Å². The molecule has 0 bridgehead atoms. The van der Waals surface area contributed by atoms with Gasteiger partial charge in [-0.05, 0) is 24.7 Å². The lowest BCUT2D eigenvalue weighted by molar-refractivity contribution is 0.0697. The number of H-pyrrole nitrogens is 1. The van der Waals surface area contributed by atoms with Crippen LogP contribution in [-0.4, -0.2) is 32.2 Å². The van der Waals surface area contributed by atoms with Gasteiger partial charge in [-0.2, -0.15) is 14.9 Å². The van der Waals surface area contributed by atoms with Crippen LogP contribution < -0.4 is 0 Å². The van der Waals surface area contributed by atoms with E-state index in [9.17, 15) is 4.79 Å². The Morgan fingerprint density at radius 3 is 3.00 bits per heavy atom. The lowest BCUT2D eigenvalue weighted by Crippen LogP contribution is -2.03. The van der Waals surface area contributed by atoms with E-state index in [1.807, 2.05) is 6.92 Å². The third kappa shape index (κ3) is 3.00. The zero-order valence-corrected chi connectivity index (χ0v) is 11.7. The molecule has 1 aromatic carbocycles. The number of aromatic amines is 1. The fourth-order valence-electron chi connectivity index (χ4n) is 1.75. The van der Waals surface area contributed by atoms with Crippen molar-refractivity contribution >= 4 is 24.4 Å². The Labute approximate surface area is 120 Å². The summed E-state index contributed by atoms with van der Waals surface area (Å²) in [5, 5.41) is 20.1. The zero-order valence-electron chi connectivity index (χ0n) is 10.9. The number of hydrogen-bond acceptors (Lipinski definition) is 4. The summed E-state index contributed by atoms with van der Waals surface area (Å²) in [5.74, 6) is -0.266. The summed E-state index contributed by atoms with van der Waals surface area (Å²) in [5.41, 5.74) is 0.717. The van der Waals surface area contributed by atoms with Gasteiger partial charge in [-0.1, -0.05) is 25.1 Å². The van der Waals surface area contributed by atoms with Crippen LogP contribution in [0.2, 0.25) is 0 Å². The molecule has 0 radical (unpaired) electrons. The van der Waals surface area contributed by atoms with E-state index in [1.165, 1.54) is 17.0 Å². The zero-order chi connectivity index (χ0) is 14.5. The van der Waals surface area contributed by atoms with E-state index in [1.54, 1.807) is 18.2 Å². The summed E-state index contributed by atoms with van der Waals surface area (Å²) in [6.07, 6.45) is 3.14. The Morgan fingerprint density at radius 2 is 2.30 bits per heavy atom. The molecule has 1 heterocycles. The summed E-state index contributed by atoms with van der Waals surface area (Å²) < 4.78 is 1.90. The van der Waals surface area contributed by atoms with Gasteiger partial charge < -0.3 is 5.11 Å². The molecule has 0 saturated carbocycles. The van der Waals surface area contributed by atoms with E-state index in [-0.39, 0.29) is 5.56 Å². The van der Waals surface area contributed by atoms with E-state index < -0.39 is 5.97 Å². The topological polar surface area (TPSA) is 83.3 Å². The number of carboxylic acid groups (broad SMARTS) is 1. The molecular formula is C13H14N4O2S. The third-order valence-electron chi connectivity index (χ3n) is 2.69. The number of rotatable bonds is 5. The summed E-state index contributed by atoms with van der Waals surface area (Å²) in [6.45, 7) is 2.03. The Hall–Kier alpha value is -2.28. The largest absolute Gasteiger partial charge is 0.478 e. The Morgan fingerprint density at radius 1 is 1.55 bits per heavy atom. The summed E-state index contributed by atoms with van der Waals surface area (Å²) in [7, 11) is 0. The molecule has 0 atom stereocenters. The molecule has 6 nitrogen and oxygen atoms in total. The fraction of sp³-hybridized carbons (Fsp3) is 0.231. The third-order valence-corrected chi connectivity index (χ3v) is 2.96. The van der Waals surface area contributed by atoms with Crippen molar-refractivity contribution in [2.45, 2.75) is 19.8 Å². The molecule has 0 fully saturated rings. The number of carbonyl (C=O) groups is 1. The minimum absolute atomic E-state index is 0.198. The highest BCUT2D eigenvalue weighted by atomic mass is 32.1. The number of nitrogens with one attached hydrogen (secondary N) is 1. The number of benzene rings is 1. The first-order chi connectivity index (χ1) is 9.63. The van der Waals surface area contributed by atoms with Crippen LogP contribution in [0.4, 0.5) is 0 Å². The quantitative estimate of drug-likeness (QED) is 0.654. The predicted molar refractivity (Wildman–Crippen MR) is 77.8 cm³/mol. The van der Waals surface area contributed by atoms with Gasteiger partial charge in [0, 0.05) is 12.0 Å². The van der Waals surface area contributed by atoms with Gasteiger partial charge in [0.05, 0.1) is 11.8 Å². The second-order valence-corrected chi connectivity index (χ2v) is 4.53. The molecule has 2 N–H and O–H groups in total. The van der Waals surface area contributed by atoms with E-state index in [2.05, 4.69) is 15.3 Å². The van der Waals surface area contributed by atoms with Crippen molar-refractivity contribution in [3.63, 3.8) is 0 Å². The van der Waals surface area contributed by atoms with Gasteiger partial charge in [0.25, 0.3) is 0 Å². The highest BCUT2D eigenvalue weighted by Crippen LogP contribution is 2.07. The monoisotopic (exact) mass is 290 g/mol. The van der Waals surface area contributed by atoms with Crippen LogP contribution in [0.1, 0.15) is 35.1 Å². The van der Waals surface area contributed by atoms with Crippen LogP contribution in [0.25, 0.3) is 0 Å². The number of aromatic nitrogens is 3. The Bertz CT molecular complexity index is 702. The number of hydrogen-bond donors (Lipinski definition) is 2. The Kier molecular flexibility index (Phi) is 4.41. The van der Waals surface area contributed by atoms with Crippen molar-refractivity contribution in [2.24, 2.45) is 5.10 Å². The molecule has 7 heteroatoms. The minimum Gasteiger partial charge on any atom is -0.478 e. The minimum atomic E-state index is -0.989. The molecule has 1 aromatic heterocycles. The first-order valence-electron chi connectivity index (χ1n) is 6.16. The number of aryl methyl sites for hydroxylation is 1. The van der Waals surface area contributed by atoms with Gasteiger partial charge in [0.15, 0.2) is 5.82 Å². The fourth-order valence-corrected chi connectivity index (χ4v) is 1.95. The molecule has 0 amide bonds. The average molecular weight is 290 g/mol. The van der Waals surface area contributed by atoms with E-state index in [0.717, 1.165) is 18.7 Å². The molecule has 0 spiro atoms. The van der Waals surface area contributed by atoms with Crippen LogP contribution in [0.15, 0.2) is 29.4 Å². The van der Waals surface area contributed by atoms with Crippen molar-refractivity contribution < 1.29 is 9.90 Å². The number of nitrogens with zero attached hydrogens (tertiary/aromatic N) is 3. The molecule has 0 unspecified atom stereocenters. The van der Waals surface area contributed by atoms with E-state index in [4.69, 9.17) is 17.3 Å². The van der Waals surface area contributed by atoms with Crippen LogP contribution in [0, 0.1) is 4.77 Å². The van der Waals surface area contributed by atoms with Crippen molar-refractivity contribution in [3.8, 4) is 0 Å². The summed E-state index contributed by atoms with van der Waals surface area (Å²) in [6, 6.07) is 6.66. The van der Waals surface area contributed by atoms with Crippen LogP contribution in [-0.2, 0) is 6.42 Å². The number of carboxylic acids is 1. The highest BCUT2D eigenvalue weighted by molar-refractivity contribution is 7.71. The average Bonchev–Trinajstić information content (AvgIpc) is 2.78. The van der Waals surface area contributed by atoms with Gasteiger partial charge in [-0.15, -0.1) is 0 Å². The maximum Gasteiger partial charge on any atom is 0.336 e. The van der Waals surface area contributed by atoms with Crippen LogP contribution in [0.5, 0.6) is 0 Å². The first kappa shape index (κ1) is 14.1. The van der Waals surface area contributed by atoms with Crippen molar-refractivity contribution in [3.05, 3.63) is 46.0 Å². The van der Waals surface area contributed by atoms with Gasteiger partial charge in [-0.3, -0.25) is 5.10 Å². The smallest absolute Gasteiger partial charge is 0.336 e. The van der Waals surface area contributed by atoms with Gasteiger partial charge in [-0.25, -0.2) is 4.79 Å². The number of aromatic carboxylic acids is 1. The lowest BCUT2D eigenvalue weighted by atomic mass is 10.1. The molecule has 2 rings (SSSR count). The van der Waals surface area contributed by atoms with Crippen LogP contribution >= 0.6 is 12.2 Å². The molecule has 2 aromatic rings. The maximum atomic E-state index is 11.1. The van der Waals surface area contributed by atoms with E-state index >= 15 is 0 Å². The van der Waals surface area contributed by atoms with Crippen LogP contribution in [0.3, 0.4) is 0 Å². The molecule has 20 heavy (non-hydrogen) atoms. The summed E-state index contributed by atoms with van der Waals surface area (Å²) >= 11 is 5.10. The molecular weight excluding hydrogens is 276 g/mol. The SMILES string of the molecule is CCCc1n[nH]c(=S)n1/N=C\c1ccccc1C(=O)O. The second kappa shape index (κ2) is 6.25. The van der Waals surface area contributed by atoms with Gasteiger partial charge in [0.2, 0.25) is 4.77 Å². The second-order valence-electron chi connectivity index (χ2n) is 4.14. The van der Waals surface area contributed by atoms with Gasteiger partial charge in [0.1, 0.15) is 0 Å². The van der Waals surface area contributed by atoms with Gasteiger partial charge >= 0.3 is 5.97 Å². The standard InChI is InChI=1S/C13H14N4O2S/c1-2-5-11-15-16-13(20)17(11)14-8-9-6-3-4-7-10(9)12(18)19/h3-4,6-8H,2,5H2,1H3,(H,16,20)(H,18,19)/b14-8-. The Balaban J connectivity index is 2.37. The molecule has 0 aliphatic carbocycles. The maximum absolute atomic E-state index is 11.1. The molecule has 104 valence electrons.